The molecule has 0 spiro atoms. The highest BCUT2D eigenvalue weighted by Gasteiger charge is 2.38. The molecule has 7 rings (SSSR count). The minimum absolute atomic E-state index is 0.381. The van der Waals surface area contributed by atoms with Crippen molar-refractivity contribution >= 4 is 34.7 Å². The lowest BCUT2D eigenvalue weighted by atomic mass is 9.80. The molecule has 6 nitrogen and oxygen atoms in total. The van der Waals surface area contributed by atoms with Gasteiger partial charge in [-0.15, -0.1) is 0 Å². The van der Waals surface area contributed by atoms with Crippen LogP contribution in [0.25, 0.3) is 0 Å². The van der Waals surface area contributed by atoms with Gasteiger partial charge in [0.05, 0.1) is 11.4 Å². The lowest BCUT2D eigenvalue weighted by molar-refractivity contribution is 0.696. The van der Waals surface area contributed by atoms with Gasteiger partial charge in [-0.2, -0.15) is 0 Å². The van der Waals surface area contributed by atoms with Crippen molar-refractivity contribution in [3.8, 4) is 0 Å². The minimum atomic E-state index is -0.381. The lowest BCUT2D eigenvalue weighted by Crippen LogP contribution is -2.29. The number of hydrogen-bond donors (Lipinski definition) is 2. The Morgan fingerprint density at radius 2 is 0.861 bits per heavy atom. The predicted molar refractivity (Wildman–Crippen MR) is 146 cm³/mol. The van der Waals surface area contributed by atoms with Crippen LogP contribution in [-0.2, 0) is 10.8 Å². The zero-order chi connectivity index (χ0) is 24.7. The Kier molecular flexibility index (Phi) is 4.14. The van der Waals surface area contributed by atoms with Gasteiger partial charge in [0.2, 0.25) is 0 Å². The van der Waals surface area contributed by atoms with E-state index in [1.54, 1.807) is 0 Å². The molecule has 4 aromatic rings. The number of nitrogens with zero attached hydrogens (tertiary/aromatic N) is 4. The van der Waals surface area contributed by atoms with Crippen LogP contribution in [0.2, 0.25) is 0 Å². The zero-order valence-corrected chi connectivity index (χ0v) is 20.7. The van der Waals surface area contributed by atoms with Crippen molar-refractivity contribution in [1.82, 2.24) is 9.97 Å². The number of benzene rings is 2. The summed E-state index contributed by atoms with van der Waals surface area (Å²) in [6.45, 7) is 8.75. The summed E-state index contributed by atoms with van der Waals surface area (Å²) >= 11 is 0. The molecular weight excluding hydrogens is 444 g/mol. The van der Waals surface area contributed by atoms with E-state index >= 15 is 0 Å². The first kappa shape index (κ1) is 21.0. The van der Waals surface area contributed by atoms with E-state index in [4.69, 9.17) is 20.0 Å². The van der Waals surface area contributed by atoms with E-state index in [1.807, 2.05) is 24.3 Å². The van der Waals surface area contributed by atoms with Crippen molar-refractivity contribution in [2.24, 2.45) is 20.0 Å². The maximum absolute atomic E-state index is 5.08. The Morgan fingerprint density at radius 1 is 0.472 bits per heavy atom. The van der Waals surface area contributed by atoms with Crippen LogP contribution in [0.4, 0.5) is 11.6 Å². The largest absolute Gasteiger partial charge is 0.343 e. The topological polar surface area (TPSA) is 81.0 Å². The molecular formula is C30H26N6. The Balaban J connectivity index is 1.51. The lowest BCUT2D eigenvalue weighted by Gasteiger charge is -2.24. The number of amidine groups is 2. The first-order chi connectivity index (χ1) is 17.3. The van der Waals surface area contributed by atoms with Crippen molar-refractivity contribution < 1.29 is 0 Å². The Hall–Kier alpha value is -4.32. The molecule has 36 heavy (non-hydrogen) atoms. The summed E-state index contributed by atoms with van der Waals surface area (Å²) < 4.78 is 0. The molecule has 3 aliphatic heterocycles. The molecule has 0 unspecified atom stereocenters. The first-order valence-corrected chi connectivity index (χ1v) is 12.3. The van der Waals surface area contributed by atoms with Gasteiger partial charge < -0.3 is 9.97 Å². The fourth-order valence-electron chi connectivity index (χ4n) is 5.46. The minimum Gasteiger partial charge on any atom is -0.343 e. The summed E-state index contributed by atoms with van der Waals surface area (Å²) in [6, 6.07) is 24.9. The molecule has 0 atom stereocenters. The molecule has 0 amide bonds. The van der Waals surface area contributed by atoms with Crippen LogP contribution < -0.4 is 0 Å². The monoisotopic (exact) mass is 470 g/mol. The smallest absolute Gasteiger partial charge is 0.162 e. The van der Waals surface area contributed by atoms with Crippen LogP contribution >= 0.6 is 0 Å². The Labute approximate surface area is 209 Å². The summed E-state index contributed by atoms with van der Waals surface area (Å²) in [6.07, 6.45) is 0. The molecule has 2 aromatic carbocycles. The number of aromatic nitrogens is 2. The average Bonchev–Trinajstić information content (AvgIpc) is 3.65. The van der Waals surface area contributed by atoms with Gasteiger partial charge in [0.1, 0.15) is 11.6 Å². The number of rotatable bonds is 0. The molecule has 0 saturated heterocycles. The normalized spacial score (nSPS) is 18.6. The van der Waals surface area contributed by atoms with E-state index in [1.165, 1.54) is 0 Å². The molecule has 0 radical (unpaired) electrons. The number of fused-ring (bicyclic) bond motifs is 12. The molecule has 176 valence electrons. The fraction of sp³-hybridized carbons (Fsp3) is 0.200. The van der Waals surface area contributed by atoms with E-state index in [-0.39, 0.29) is 10.8 Å². The SMILES string of the molecule is CC1(C)C2=NC(=Nc3ccc([nH]3)C(C)(C)C3=NC(=Nc4ccc1[nH]4)c1ccccc13)c1ccccc12. The van der Waals surface area contributed by atoms with E-state index in [9.17, 15) is 0 Å². The van der Waals surface area contributed by atoms with Gasteiger partial charge in [-0.3, -0.25) is 0 Å². The van der Waals surface area contributed by atoms with Crippen LogP contribution in [0.1, 0.15) is 61.3 Å². The third-order valence-electron chi connectivity index (χ3n) is 7.61. The van der Waals surface area contributed by atoms with Crippen LogP contribution in [-0.4, -0.2) is 33.1 Å². The van der Waals surface area contributed by atoms with Crippen LogP contribution in [0, 0.1) is 0 Å². The molecule has 0 saturated carbocycles. The highest BCUT2D eigenvalue weighted by molar-refractivity contribution is 6.27. The molecule has 2 N–H and O–H groups in total. The number of aliphatic imine (C=N–C) groups is 4. The number of H-pyrrole nitrogens is 2. The summed E-state index contributed by atoms with van der Waals surface area (Å²) in [7, 11) is 0. The maximum atomic E-state index is 5.08. The van der Waals surface area contributed by atoms with Gasteiger partial charge in [0.25, 0.3) is 0 Å². The predicted octanol–water partition coefficient (Wildman–Crippen LogP) is 6.37. The molecule has 0 aliphatic carbocycles. The third kappa shape index (κ3) is 2.90. The van der Waals surface area contributed by atoms with Crippen LogP contribution in [0.5, 0.6) is 0 Å². The quantitative estimate of drug-likeness (QED) is 0.299. The van der Waals surface area contributed by atoms with E-state index in [2.05, 4.69) is 86.2 Å². The van der Waals surface area contributed by atoms with Crippen LogP contribution in [0.3, 0.4) is 0 Å². The van der Waals surface area contributed by atoms with Crippen molar-refractivity contribution in [3.63, 3.8) is 0 Å². The number of nitrogens with one attached hydrogen (secondary N) is 2. The molecule has 6 heteroatoms. The third-order valence-corrected chi connectivity index (χ3v) is 7.61. The second-order valence-corrected chi connectivity index (χ2v) is 10.6. The zero-order valence-electron chi connectivity index (χ0n) is 20.7. The van der Waals surface area contributed by atoms with Crippen molar-refractivity contribution in [3.05, 3.63) is 106 Å². The highest BCUT2D eigenvalue weighted by atomic mass is 15.0. The molecule has 3 aliphatic rings. The van der Waals surface area contributed by atoms with E-state index in [0.717, 1.165) is 68.4 Å². The maximum Gasteiger partial charge on any atom is 0.162 e. The van der Waals surface area contributed by atoms with Crippen molar-refractivity contribution in [2.45, 2.75) is 38.5 Å². The van der Waals surface area contributed by atoms with Crippen molar-refractivity contribution in [1.29, 1.82) is 0 Å². The average molecular weight is 471 g/mol. The summed E-state index contributed by atoms with van der Waals surface area (Å²) in [4.78, 5) is 27.2. The fourth-order valence-corrected chi connectivity index (χ4v) is 5.46. The van der Waals surface area contributed by atoms with E-state index < -0.39 is 0 Å². The Morgan fingerprint density at radius 3 is 1.28 bits per heavy atom. The van der Waals surface area contributed by atoms with Gasteiger partial charge in [-0.1, -0.05) is 48.5 Å². The van der Waals surface area contributed by atoms with Crippen LogP contribution in [0.15, 0.2) is 92.8 Å². The standard InChI is InChI=1S/C30H26N6/c1-29(2)21-13-15-23(31-21)33-28-20-12-8-6-10-18(20)26(36-28)30(3,4)22-14-16-24(32-22)34-27-19-11-7-5-9-17(19)25(29)35-27/h5-16,31-32H,1-4H3. The molecule has 2 aromatic heterocycles. The van der Waals surface area contributed by atoms with Gasteiger partial charge >= 0.3 is 0 Å². The van der Waals surface area contributed by atoms with Gasteiger partial charge in [-0.05, 0) is 52.0 Å². The molecule has 5 heterocycles. The molecule has 8 bridgehead atoms. The second kappa shape index (κ2) is 7.10. The number of aromatic amines is 2. The highest BCUT2D eigenvalue weighted by Crippen LogP contribution is 2.38. The van der Waals surface area contributed by atoms with Gasteiger partial charge in [0.15, 0.2) is 11.7 Å². The van der Waals surface area contributed by atoms with Crippen molar-refractivity contribution in [2.75, 3.05) is 0 Å². The van der Waals surface area contributed by atoms with Gasteiger partial charge in [-0.25, -0.2) is 20.0 Å². The summed E-state index contributed by atoms with van der Waals surface area (Å²) in [5.74, 6) is 3.01. The van der Waals surface area contributed by atoms with Gasteiger partial charge in [0, 0.05) is 44.5 Å². The summed E-state index contributed by atoms with van der Waals surface area (Å²) in [5.41, 5.74) is 7.61. The summed E-state index contributed by atoms with van der Waals surface area (Å²) in [5, 5.41) is 0. The Bertz CT molecular complexity index is 1560. The van der Waals surface area contributed by atoms with E-state index in [0.29, 0.717) is 0 Å². The first-order valence-electron chi connectivity index (χ1n) is 12.3. The molecule has 0 fully saturated rings. The number of hydrogen-bond acceptors (Lipinski definition) is 4. The second-order valence-electron chi connectivity index (χ2n) is 10.6.